The average Bonchev–Trinajstić information content (AvgIpc) is 2.29. The second-order valence-electron chi connectivity index (χ2n) is 4.37. The third-order valence-corrected chi connectivity index (χ3v) is 2.65. The minimum absolute atomic E-state index is 0.124. The Labute approximate surface area is 104 Å². The third-order valence-electron chi connectivity index (χ3n) is 2.65. The van der Waals surface area contributed by atoms with Crippen LogP contribution in [0, 0.1) is 0 Å². The second-order valence-corrected chi connectivity index (χ2v) is 4.37. The highest BCUT2D eigenvalue weighted by molar-refractivity contribution is 5.75. The quantitative estimate of drug-likeness (QED) is 0.548. The Balaban J connectivity index is 3.19. The molecular weight excluding hydrogens is 218 g/mol. The van der Waals surface area contributed by atoms with Crippen molar-refractivity contribution in [1.82, 2.24) is 5.32 Å². The van der Waals surface area contributed by atoms with Gasteiger partial charge in [-0.3, -0.25) is 9.59 Å². The normalized spacial score (nSPS) is 10.2. The van der Waals surface area contributed by atoms with Crippen molar-refractivity contribution in [2.45, 2.75) is 64.7 Å². The molecule has 0 aliphatic heterocycles. The van der Waals surface area contributed by atoms with Crippen molar-refractivity contribution in [3.05, 3.63) is 0 Å². The minimum atomic E-state index is -0.745. The number of carboxylic acid groups (broad SMARTS) is 1. The molecule has 0 fully saturated rings. The fraction of sp³-hybridized carbons (Fsp3) is 0.846. The zero-order chi connectivity index (χ0) is 12.9. The molecule has 0 heterocycles. The maximum Gasteiger partial charge on any atom is 0.303 e. The van der Waals surface area contributed by atoms with Crippen LogP contribution in [0.1, 0.15) is 64.7 Å². The first-order valence-electron chi connectivity index (χ1n) is 6.65. The van der Waals surface area contributed by atoms with Crippen LogP contribution in [0.25, 0.3) is 0 Å². The summed E-state index contributed by atoms with van der Waals surface area (Å²) in [6.45, 7) is 2.82. The monoisotopic (exact) mass is 243 g/mol. The van der Waals surface area contributed by atoms with Crippen molar-refractivity contribution in [3.8, 4) is 0 Å². The Morgan fingerprint density at radius 3 is 2.24 bits per heavy atom. The summed E-state index contributed by atoms with van der Waals surface area (Å²) in [5, 5.41) is 11.3. The SMILES string of the molecule is CCCCCCC(=O)NCCCCCC(=O)O. The van der Waals surface area contributed by atoms with Crippen molar-refractivity contribution >= 4 is 11.9 Å². The molecule has 100 valence electrons. The van der Waals surface area contributed by atoms with E-state index in [0.717, 1.165) is 25.7 Å². The molecule has 0 rings (SSSR count). The zero-order valence-electron chi connectivity index (χ0n) is 10.8. The molecule has 2 N–H and O–H groups in total. The van der Waals surface area contributed by atoms with Crippen LogP contribution in [-0.2, 0) is 9.59 Å². The summed E-state index contributed by atoms with van der Waals surface area (Å²) in [5.74, 6) is -0.621. The molecule has 0 aliphatic carbocycles. The van der Waals surface area contributed by atoms with Gasteiger partial charge >= 0.3 is 5.97 Å². The molecule has 0 aliphatic rings. The summed E-state index contributed by atoms with van der Waals surface area (Å²) in [7, 11) is 0. The highest BCUT2D eigenvalue weighted by Gasteiger charge is 2.00. The van der Waals surface area contributed by atoms with E-state index < -0.39 is 5.97 Å². The number of carboxylic acids is 1. The molecule has 0 saturated heterocycles. The second kappa shape index (κ2) is 11.4. The van der Waals surface area contributed by atoms with Crippen LogP contribution >= 0.6 is 0 Å². The van der Waals surface area contributed by atoms with Gasteiger partial charge in [0.15, 0.2) is 0 Å². The molecule has 0 radical (unpaired) electrons. The molecular formula is C13H25NO3. The van der Waals surface area contributed by atoms with Gasteiger partial charge in [0.25, 0.3) is 0 Å². The Kier molecular flexibility index (Phi) is 10.7. The lowest BCUT2D eigenvalue weighted by atomic mass is 10.1. The summed E-state index contributed by atoms with van der Waals surface area (Å²) in [5.41, 5.74) is 0. The van der Waals surface area contributed by atoms with Crippen molar-refractivity contribution in [2.24, 2.45) is 0 Å². The maximum absolute atomic E-state index is 11.3. The van der Waals surface area contributed by atoms with Gasteiger partial charge < -0.3 is 10.4 Å². The average molecular weight is 243 g/mol. The van der Waals surface area contributed by atoms with Gasteiger partial charge in [-0.25, -0.2) is 0 Å². The fourth-order valence-electron chi connectivity index (χ4n) is 1.61. The van der Waals surface area contributed by atoms with E-state index in [4.69, 9.17) is 5.11 Å². The largest absolute Gasteiger partial charge is 0.481 e. The Morgan fingerprint density at radius 2 is 1.59 bits per heavy atom. The molecule has 4 nitrogen and oxygen atoms in total. The van der Waals surface area contributed by atoms with E-state index >= 15 is 0 Å². The van der Waals surface area contributed by atoms with Crippen molar-refractivity contribution in [2.75, 3.05) is 6.54 Å². The third kappa shape index (κ3) is 12.9. The van der Waals surface area contributed by atoms with Gasteiger partial charge in [0.1, 0.15) is 0 Å². The summed E-state index contributed by atoms with van der Waals surface area (Å²) in [6, 6.07) is 0. The number of rotatable bonds is 11. The van der Waals surface area contributed by atoms with Gasteiger partial charge in [0.2, 0.25) is 5.91 Å². The molecule has 4 heteroatoms. The number of nitrogens with one attached hydrogen (secondary N) is 1. The lowest BCUT2D eigenvalue weighted by molar-refractivity contribution is -0.137. The van der Waals surface area contributed by atoms with Gasteiger partial charge in [-0.1, -0.05) is 32.6 Å². The fourth-order valence-corrected chi connectivity index (χ4v) is 1.61. The standard InChI is InChI=1S/C13H25NO3/c1-2-3-4-6-9-12(15)14-11-8-5-7-10-13(16)17/h2-11H2,1H3,(H,14,15)(H,16,17). The van der Waals surface area contributed by atoms with Gasteiger partial charge in [0, 0.05) is 19.4 Å². The van der Waals surface area contributed by atoms with Crippen LogP contribution < -0.4 is 5.32 Å². The highest BCUT2D eigenvalue weighted by atomic mass is 16.4. The molecule has 1 amide bonds. The van der Waals surface area contributed by atoms with E-state index in [1.54, 1.807) is 0 Å². The number of unbranched alkanes of at least 4 members (excludes halogenated alkanes) is 5. The molecule has 0 bridgehead atoms. The maximum atomic E-state index is 11.3. The lowest BCUT2D eigenvalue weighted by Crippen LogP contribution is -2.23. The Morgan fingerprint density at radius 1 is 0.941 bits per heavy atom. The number of amides is 1. The number of carbonyl (C=O) groups excluding carboxylic acids is 1. The molecule has 17 heavy (non-hydrogen) atoms. The van der Waals surface area contributed by atoms with E-state index in [0.29, 0.717) is 19.4 Å². The summed E-state index contributed by atoms with van der Waals surface area (Å²) in [4.78, 5) is 21.6. The molecule has 0 spiro atoms. The van der Waals surface area contributed by atoms with Gasteiger partial charge in [-0.15, -0.1) is 0 Å². The van der Waals surface area contributed by atoms with E-state index in [2.05, 4.69) is 12.2 Å². The molecule has 0 aromatic rings. The Hall–Kier alpha value is -1.06. The predicted molar refractivity (Wildman–Crippen MR) is 67.9 cm³/mol. The Bertz CT molecular complexity index is 217. The molecule has 0 unspecified atom stereocenters. The summed E-state index contributed by atoms with van der Waals surface area (Å²) < 4.78 is 0. The highest BCUT2D eigenvalue weighted by Crippen LogP contribution is 2.02. The van der Waals surface area contributed by atoms with Crippen LogP contribution in [0.2, 0.25) is 0 Å². The molecule has 0 aromatic carbocycles. The predicted octanol–water partition coefficient (Wildman–Crippen LogP) is 2.72. The van der Waals surface area contributed by atoms with Gasteiger partial charge in [0.05, 0.1) is 0 Å². The first-order chi connectivity index (χ1) is 8.16. The van der Waals surface area contributed by atoms with Crippen molar-refractivity contribution in [1.29, 1.82) is 0 Å². The molecule has 0 atom stereocenters. The summed E-state index contributed by atoms with van der Waals surface area (Å²) in [6.07, 6.45) is 7.76. The van der Waals surface area contributed by atoms with Crippen LogP contribution in [-0.4, -0.2) is 23.5 Å². The van der Waals surface area contributed by atoms with Crippen molar-refractivity contribution < 1.29 is 14.7 Å². The smallest absolute Gasteiger partial charge is 0.303 e. The van der Waals surface area contributed by atoms with Crippen molar-refractivity contribution in [3.63, 3.8) is 0 Å². The van der Waals surface area contributed by atoms with Gasteiger partial charge in [-0.05, 0) is 19.3 Å². The topological polar surface area (TPSA) is 66.4 Å². The van der Waals surface area contributed by atoms with E-state index in [9.17, 15) is 9.59 Å². The van der Waals surface area contributed by atoms with Crippen LogP contribution in [0.15, 0.2) is 0 Å². The van der Waals surface area contributed by atoms with E-state index in [1.807, 2.05) is 0 Å². The van der Waals surface area contributed by atoms with Crippen LogP contribution in [0.5, 0.6) is 0 Å². The number of hydrogen-bond acceptors (Lipinski definition) is 2. The van der Waals surface area contributed by atoms with E-state index in [1.165, 1.54) is 12.8 Å². The summed E-state index contributed by atoms with van der Waals surface area (Å²) >= 11 is 0. The first kappa shape index (κ1) is 15.9. The number of carbonyl (C=O) groups is 2. The van der Waals surface area contributed by atoms with Gasteiger partial charge in [-0.2, -0.15) is 0 Å². The van der Waals surface area contributed by atoms with E-state index in [-0.39, 0.29) is 12.3 Å². The number of hydrogen-bond donors (Lipinski definition) is 2. The number of aliphatic carboxylic acids is 1. The zero-order valence-corrected chi connectivity index (χ0v) is 10.8. The minimum Gasteiger partial charge on any atom is -0.481 e. The molecule has 0 aromatic heterocycles. The van der Waals surface area contributed by atoms with Crippen LogP contribution in [0.3, 0.4) is 0 Å². The first-order valence-corrected chi connectivity index (χ1v) is 6.65. The molecule has 0 saturated carbocycles. The van der Waals surface area contributed by atoms with Crippen LogP contribution in [0.4, 0.5) is 0 Å². The lowest BCUT2D eigenvalue weighted by Gasteiger charge is -2.04.